The summed E-state index contributed by atoms with van der Waals surface area (Å²) >= 11 is 6.00. The van der Waals surface area contributed by atoms with E-state index in [4.69, 9.17) is 21.1 Å². The second-order valence-electron chi connectivity index (χ2n) is 4.80. The van der Waals surface area contributed by atoms with Gasteiger partial charge in [0.25, 0.3) is 0 Å². The van der Waals surface area contributed by atoms with Gasteiger partial charge in [-0.15, -0.1) is 0 Å². The lowest BCUT2D eigenvalue weighted by atomic mass is 10.2. The Hall–Kier alpha value is -1.81. The number of aromatic nitrogens is 2. The summed E-state index contributed by atoms with van der Waals surface area (Å²) in [5, 5.41) is 0.437. The highest BCUT2D eigenvalue weighted by atomic mass is 35.5. The fourth-order valence-corrected chi connectivity index (χ4v) is 2.07. The van der Waals surface area contributed by atoms with E-state index >= 15 is 0 Å². The third kappa shape index (κ3) is 3.20. The van der Waals surface area contributed by atoms with Crippen molar-refractivity contribution < 1.29 is 9.47 Å². The molecule has 2 aromatic rings. The minimum atomic E-state index is 0.437. The van der Waals surface area contributed by atoms with Crippen LogP contribution in [0.4, 0.5) is 0 Å². The van der Waals surface area contributed by atoms with E-state index in [2.05, 4.69) is 9.97 Å². The van der Waals surface area contributed by atoms with Crippen molar-refractivity contribution >= 4 is 11.6 Å². The van der Waals surface area contributed by atoms with Crippen LogP contribution in [0, 0.1) is 0 Å². The molecule has 0 spiro atoms. The Bertz CT molecular complexity index is 597. The van der Waals surface area contributed by atoms with E-state index in [1.807, 2.05) is 24.3 Å². The topological polar surface area (TPSA) is 44.2 Å². The molecule has 5 heteroatoms. The number of halogens is 1. The largest absolute Gasteiger partial charge is 0.497 e. The number of methoxy groups -OCH3 is 1. The molecule has 4 nitrogen and oxygen atoms in total. The zero-order valence-corrected chi connectivity index (χ0v) is 11.9. The first-order valence-electron chi connectivity index (χ1n) is 6.55. The molecule has 0 amide bonds. The van der Waals surface area contributed by atoms with E-state index in [1.165, 1.54) is 0 Å². The van der Waals surface area contributed by atoms with Crippen LogP contribution in [0.25, 0.3) is 0 Å². The van der Waals surface area contributed by atoms with Crippen molar-refractivity contribution in [3.05, 3.63) is 46.9 Å². The lowest BCUT2D eigenvalue weighted by molar-refractivity contribution is 0.292. The van der Waals surface area contributed by atoms with Crippen LogP contribution in [0.1, 0.15) is 30.1 Å². The molecule has 104 valence electrons. The first-order chi connectivity index (χ1) is 9.74. The van der Waals surface area contributed by atoms with Crippen molar-refractivity contribution in [1.29, 1.82) is 0 Å². The number of nitrogens with zero attached hydrogens (tertiary/aromatic N) is 2. The predicted molar refractivity (Wildman–Crippen MR) is 76.3 cm³/mol. The highest BCUT2D eigenvalue weighted by molar-refractivity contribution is 6.29. The number of hydrogen-bond donors (Lipinski definition) is 0. The van der Waals surface area contributed by atoms with Gasteiger partial charge in [0, 0.05) is 12.0 Å². The van der Waals surface area contributed by atoms with E-state index in [1.54, 1.807) is 13.2 Å². The van der Waals surface area contributed by atoms with E-state index < -0.39 is 0 Å². The average molecular weight is 291 g/mol. The molecule has 1 aromatic carbocycles. The number of ether oxygens (including phenoxy) is 2. The van der Waals surface area contributed by atoms with Crippen molar-refractivity contribution in [3.63, 3.8) is 0 Å². The summed E-state index contributed by atoms with van der Waals surface area (Å²) in [7, 11) is 1.65. The van der Waals surface area contributed by atoms with Crippen LogP contribution in [0.15, 0.2) is 30.3 Å². The molecule has 1 aromatic heterocycles. The zero-order valence-electron chi connectivity index (χ0n) is 11.2. The van der Waals surface area contributed by atoms with Crippen molar-refractivity contribution in [2.75, 3.05) is 7.11 Å². The predicted octanol–water partition coefficient (Wildman–Crippen LogP) is 3.60. The summed E-state index contributed by atoms with van der Waals surface area (Å²) in [6, 6.07) is 9.38. The van der Waals surface area contributed by atoms with E-state index in [-0.39, 0.29) is 0 Å². The van der Waals surface area contributed by atoms with Gasteiger partial charge in [-0.25, -0.2) is 4.98 Å². The molecular formula is C15H15ClN2O2. The smallest absolute Gasteiger partial charge is 0.218 e. The minimum Gasteiger partial charge on any atom is -0.497 e. The number of hydrogen-bond acceptors (Lipinski definition) is 4. The van der Waals surface area contributed by atoms with Gasteiger partial charge in [-0.1, -0.05) is 23.7 Å². The van der Waals surface area contributed by atoms with E-state index in [0.29, 0.717) is 23.6 Å². The molecule has 0 unspecified atom stereocenters. The molecule has 0 N–H and O–H groups in total. The Balaban J connectivity index is 1.67. The van der Waals surface area contributed by atoms with Crippen molar-refractivity contribution in [3.8, 4) is 11.6 Å². The molecule has 1 fully saturated rings. The summed E-state index contributed by atoms with van der Waals surface area (Å²) in [5.74, 6) is 2.61. The fourth-order valence-electron chi connectivity index (χ4n) is 1.89. The maximum Gasteiger partial charge on any atom is 0.218 e. The summed E-state index contributed by atoms with van der Waals surface area (Å²) in [5.41, 5.74) is 1.05. The van der Waals surface area contributed by atoms with Gasteiger partial charge in [-0.05, 0) is 30.5 Å². The quantitative estimate of drug-likeness (QED) is 0.789. The lowest BCUT2D eigenvalue weighted by Gasteiger charge is -2.08. The molecule has 1 saturated carbocycles. The van der Waals surface area contributed by atoms with Crippen LogP contribution in [0.3, 0.4) is 0 Å². The van der Waals surface area contributed by atoms with Crippen LogP contribution < -0.4 is 9.47 Å². The first kappa shape index (κ1) is 13.2. The number of rotatable bonds is 5. The van der Waals surface area contributed by atoms with Gasteiger partial charge in [0.2, 0.25) is 5.88 Å². The van der Waals surface area contributed by atoms with Gasteiger partial charge >= 0.3 is 0 Å². The second-order valence-corrected chi connectivity index (χ2v) is 5.19. The lowest BCUT2D eigenvalue weighted by Crippen LogP contribution is -2.01. The Labute approximate surface area is 122 Å². The van der Waals surface area contributed by atoms with Gasteiger partial charge in [0.1, 0.15) is 23.3 Å². The van der Waals surface area contributed by atoms with E-state index in [9.17, 15) is 0 Å². The molecule has 0 atom stereocenters. The van der Waals surface area contributed by atoms with Gasteiger partial charge in [0.15, 0.2) is 0 Å². The summed E-state index contributed by atoms with van der Waals surface area (Å²) in [6.45, 7) is 0.446. The molecule has 0 bridgehead atoms. The van der Waals surface area contributed by atoms with Crippen LogP contribution >= 0.6 is 11.6 Å². The maximum absolute atomic E-state index is 6.00. The van der Waals surface area contributed by atoms with Gasteiger partial charge in [-0.3, -0.25) is 0 Å². The molecule has 1 heterocycles. The first-order valence-corrected chi connectivity index (χ1v) is 6.92. The molecule has 3 rings (SSSR count). The highest BCUT2D eigenvalue weighted by Gasteiger charge is 2.27. The summed E-state index contributed by atoms with van der Waals surface area (Å²) in [6.07, 6.45) is 2.27. The fraction of sp³-hybridized carbons (Fsp3) is 0.333. The second kappa shape index (κ2) is 5.67. The Morgan fingerprint density at radius 2 is 1.95 bits per heavy atom. The van der Waals surface area contributed by atoms with Crippen molar-refractivity contribution in [2.24, 2.45) is 0 Å². The third-order valence-electron chi connectivity index (χ3n) is 3.18. The van der Waals surface area contributed by atoms with Crippen molar-refractivity contribution in [2.45, 2.75) is 25.4 Å². The molecular weight excluding hydrogens is 276 g/mol. The van der Waals surface area contributed by atoms with Crippen LogP contribution in [0.2, 0.25) is 5.15 Å². The van der Waals surface area contributed by atoms with Crippen LogP contribution in [-0.2, 0) is 6.61 Å². The SMILES string of the molecule is COc1ccc(COc2cc(Cl)nc(C3CC3)n2)cc1. The monoisotopic (exact) mass is 290 g/mol. The van der Waals surface area contributed by atoms with Gasteiger partial charge in [-0.2, -0.15) is 4.98 Å². The molecule has 0 aliphatic heterocycles. The maximum atomic E-state index is 6.00. The Morgan fingerprint density at radius 1 is 1.20 bits per heavy atom. The molecule has 20 heavy (non-hydrogen) atoms. The minimum absolute atomic E-state index is 0.437. The Morgan fingerprint density at radius 3 is 2.60 bits per heavy atom. The van der Waals surface area contributed by atoms with Crippen LogP contribution in [-0.4, -0.2) is 17.1 Å². The highest BCUT2D eigenvalue weighted by Crippen LogP contribution is 2.39. The third-order valence-corrected chi connectivity index (χ3v) is 3.37. The molecule has 1 aliphatic rings. The zero-order chi connectivity index (χ0) is 13.9. The molecule has 0 radical (unpaired) electrons. The van der Waals surface area contributed by atoms with Gasteiger partial charge in [0.05, 0.1) is 7.11 Å². The number of benzene rings is 1. The summed E-state index contributed by atoms with van der Waals surface area (Å²) in [4.78, 5) is 8.63. The molecule has 1 aliphatic carbocycles. The average Bonchev–Trinajstić information content (AvgIpc) is 3.30. The standard InChI is InChI=1S/C15H15ClN2O2/c1-19-12-6-2-10(3-7-12)9-20-14-8-13(16)17-15(18-14)11-4-5-11/h2-3,6-8,11H,4-5,9H2,1H3. The van der Waals surface area contributed by atoms with Crippen molar-refractivity contribution in [1.82, 2.24) is 9.97 Å². The summed E-state index contributed by atoms with van der Waals surface area (Å²) < 4.78 is 10.8. The normalized spacial score (nSPS) is 14.1. The van der Waals surface area contributed by atoms with E-state index in [0.717, 1.165) is 30.0 Å². The van der Waals surface area contributed by atoms with Gasteiger partial charge < -0.3 is 9.47 Å². The Kier molecular flexibility index (Phi) is 3.74. The molecule has 0 saturated heterocycles. The van der Waals surface area contributed by atoms with Crippen LogP contribution in [0.5, 0.6) is 11.6 Å².